The van der Waals surface area contributed by atoms with E-state index in [0.717, 1.165) is 11.1 Å². The van der Waals surface area contributed by atoms with Gasteiger partial charge in [0.1, 0.15) is 0 Å². The first-order valence-corrected chi connectivity index (χ1v) is 10.5. The van der Waals surface area contributed by atoms with E-state index in [1.54, 1.807) is 0 Å². The van der Waals surface area contributed by atoms with E-state index in [-0.39, 0.29) is 25.3 Å². The first kappa shape index (κ1) is 18.9. The second-order valence-corrected chi connectivity index (χ2v) is 9.39. The second-order valence-electron chi connectivity index (χ2n) is 6.03. The lowest BCUT2D eigenvalue weighted by Crippen LogP contribution is -2.58. The van der Waals surface area contributed by atoms with Crippen molar-refractivity contribution in [1.29, 1.82) is 0 Å². The average Bonchev–Trinajstić information content (AvgIpc) is 3.05. The summed E-state index contributed by atoms with van der Waals surface area (Å²) in [5, 5.41) is 7.73. The van der Waals surface area contributed by atoms with Gasteiger partial charge in [-0.2, -0.15) is 0 Å². The molecule has 0 saturated carbocycles. The zero-order chi connectivity index (χ0) is 17.8. The quantitative estimate of drug-likeness (QED) is 0.731. The van der Waals surface area contributed by atoms with Gasteiger partial charge in [-0.3, -0.25) is 9.59 Å². The van der Waals surface area contributed by atoms with Crippen LogP contribution < -0.4 is 10.6 Å². The number of likely N-dealkylation sites (N-methyl/N-ethyl adjacent to an activating group) is 1. The van der Waals surface area contributed by atoms with Crippen LogP contribution in [0, 0.1) is 0 Å². The van der Waals surface area contributed by atoms with Crippen LogP contribution in [0.5, 0.6) is 0 Å². The topological polar surface area (TPSA) is 95.6 Å². The molecule has 0 unspecified atom stereocenters. The van der Waals surface area contributed by atoms with Crippen molar-refractivity contribution in [2.24, 2.45) is 0 Å². The van der Waals surface area contributed by atoms with Crippen molar-refractivity contribution in [2.45, 2.75) is 24.1 Å². The van der Waals surface area contributed by atoms with Gasteiger partial charge in [0, 0.05) is 18.2 Å². The smallest absolute Gasteiger partial charge is 0.244 e. The number of amides is 2. The van der Waals surface area contributed by atoms with Crippen molar-refractivity contribution >= 4 is 33.0 Å². The molecule has 0 radical (unpaired) electrons. The van der Waals surface area contributed by atoms with E-state index >= 15 is 0 Å². The van der Waals surface area contributed by atoms with E-state index in [0.29, 0.717) is 19.6 Å². The van der Waals surface area contributed by atoms with Gasteiger partial charge in [-0.05, 0) is 37.4 Å². The molecular weight excluding hydrogens is 350 g/mol. The fraction of sp³-hybridized carbons (Fsp3) is 0.600. The number of carbonyl (C=O) groups excluding carboxylic acids is 2. The van der Waals surface area contributed by atoms with Crippen LogP contribution >= 0.6 is 11.3 Å². The highest BCUT2D eigenvalue weighted by Gasteiger charge is 2.50. The van der Waals surface area contributed by atoms with E-state index in [1.807, 2.05) is 17.5 Å². The summed E-state index contributed by atoms with van der Waals surface area (Å²) in [7, 11) is -2.10. The second kappa shape index (κ2) is 7.62. The summed E-state index contributed by atoms with van der Waals surface area (Å²) in [5.41, 5.74) is 0. The Hall–Kier alpha value is -1.45. The molecule has 1 fully saturated rings. The molecule has 1 saturated heterocycles. The minimum atomic E-state index is -3.58. The molecule has 1 aliphatic rings. The minimum Gasteiger partial charge on any atom is -0.350 e. The van der Waals surface area contributed by atoms with Crippen molar-refractivity contribution in [3.05, 3.63) is 22.4 Å². The zero-order valence-electron chi connectivity index (χ0n) is 13.9. The molecule has 2 rings (SSSR count). The fourth-order valence-corrected chi connectivity index (χ4v) is 4.93. The summed E-state index contributed by atoms with van der Waals surface area (Å²) in [6, 6.07) is 3.81. The van der Waals surface area contributed by atoms with Crippen molar-refractivity contribution in [3.8, 4) is 0 Å². The van der Waals surface area contributed by atoms with Crippen LogP contribution in [0.1, 0.15) is 17.7 Å². The number of piperidine rings is 1. The monoisotopic (exact) mass is 373 g/mol. The molecule has 0 bridgehead atoms. The Morgan fingerprint density at radius 3 is 2.58 bits per heavy atom. The molecule has 9 heteroatoms. The lowest BCUT2D eigenvalue weighted by molar-refractivity contribution is -0.137. The van der Waals surface area contributed by atoms with Crippen molar-refractivity contribution < 1.29 is 18.0 Å². The van der Waals surface area contributed by atoms with Gasteiger partial charge < -0.3 is 15.5 Å². The molecule has 2 amide bonds. The van der Waals surface area contributed by atoms with Crippen LogP contribution in [0.3, 0.4) is 0 Å². The molecule has 0 atom stereocenters. The Morgan fingerprint density at radius 1 is 1.38 bits per heavy atom. The Bertz CT molecular complexity index is 680. The Kier molecular flexibility index (Phi) is 6.00. The first-order chi connectivity index (χ1) is 11.3. The van der Waals surface area contributed by atoms with E-state index < -0.39 is 20.5 Å². The summed E-state index contributed by atoms with van der Waals surface area (Å²) in [4.78, 5) is 27.0. The fourth-order valence-electron chi connectivity index (χ4n) is 2.86. The third-order valence-corrected chi connectivity index (χ3v) is 7.16. The number of rotatable bonds is 6. The average molecular weight is 374 g/mol. The number of hydrogen-bond acceptors (Lipinski definition) is 6. The molecule has 24 heavy (non-hydrogen) atoms. The molecule has 134 valence electrons. The summed E-state index contributed by atoms with van der Waals surface area (Å²) in [6.45, 7) is 1.18. The van der Waals surface area contributed by atoms with E-state index in [9.17, 15) is 18.0 Å². The van der Waals surface area contributed by atoms with Crippen LogP contribution in [-0.2, 0) is 26.0 Å². The van der Waals surface area contributed by atoms with Gasteiger partial charge >= 0.3 is 0 Å². The van der Waals surface area contributed by atoms with Gasteiger partial charge in [0.05, 0.1) is 13.1 Å². The number of nitrogens with one attached hydrogen (secondary N) is 2. The van der Waals surface area contributed by atoms with Gasteiger partial charge in [-0.1, -0.05) is 6.07 Å². The largest absolute Gasteiger partial charge is 0.350 e. The van der Waals surface area contributed by atoms with Crippen LogP contribution in [0.15, 0.2) is 17.5 Å². The van der Waals surface area contributed by atoms with E-state index in [2.05, 4.69) is 10.6 Å². The molecule has 0 spiro atoms. The lowest BCUT2D eigenvalue weighted by Gasteiger charge is -2.37. The lowest BCUT2D eigenvalue weighted by atomic mass is 9.95. The van der Waals surface area contributed by atoms with Gasteiger partial charge in [0.15, 0.2) is 14.6 Å². The zero-order valence-corrected chi connectivity index (χ0v) is 15.5. The number of thiophene rings is 1. The maximum atomic E-state index is 12.8. The molecule has 1 aromatic heterocycles. The van der Waals surface area contributed by atoms with Crippen LogP contribution in [0.4, 0.5) is 0 Å². The molecule has 1 aromatic rings. The molecule has 1 aliphatic heterocycles. The van der Waals surface area contributed by atoms with Gasteiger partial charge in [-0.15, -0.1) is 11.3 Å². The highest BCUT2D eigenvalue weighted by Crippen LogP contribution is 2.29. The Labute approximate surface area is 146 Å². The summed E-state index contributed by atoms with van der Waals surface area (Å²) in [6.07, 6.45) is 1.55. The molecule has 7 nitrogen and oxygen atoms in total. The number of sulfone groups is 1. The van der Waals surface area contributed by atoms with Gasteiger partial charge in [0.25, 0.3) is 0 Å². The third-order valence-electron chi connectivity index (χ3n) is 4.28. The third kappa shape index (κ3) is 4.14. The number of nitrogens with zero attached hydrogens (tertiary/aromatic N) is 1. The van der Waals surface area contributed by atoms with Crippen LogP contribution in [0.2, 0.25) is 0 Å². The van der Waals surface area contributed by atoms with Gasteiger partial charge in [-0.25, -0.2) is 8.42 Å². The standard InChI is InChI=1S/C15H23N3O4S2/c1-18(11-13(19)17-10-12-4-3-9-23-12)14(20)15(24(2,21)22)5-7-16-8-6-15/h3-4,9,16H,5-8,10-11H2,1-2H3,(H,17,19). The van der Waals surface area contributed by atoms with Crippen LogP contribution in [-0.4, -0.2) is 62.8 Å². The van der Waals surface area contributed by atoms with Crippen molar-refractivity contribution in [2.75, 3.05) is 32.9 Å². The van der Waals surface area contributed by atoms with Crippen LogP contribution in [0.25, 0.3) is 0 Å². The molecule has 2 heterocycles. The predicted molar refractivity (Wildman–Crippen MR) is 93.5 cm³/mol. The van der Waals surface area contributed by atoms with Crippen molar-refractivity contribution in [3.63, 3.8) is 0 Å². The Morgan fingerprint density at radius 2 is 2.04 bits per heavy atom. The molecule has 0 aromatic carbocycles. The van der Waals surface area contributed by atoms with E-state index in [4.69, 9.17) is 0 Å². The molecule has 2 N–H and O–H groups in total. The summed E-state index contributed by atoms with van der Waals surface area (Å²) >= 11 is 1.53. The number of hydrogen-bond donors (Lipinski definition) is 2. The Balaban J connectivity index is 2.00. The number of carbonyl (C=O) groups is 2. The normalized spacial score (nSPS) is 17.2. The predicted octanol–water partition coefficient (Wildman–Crippen LogP) is -0.0105. The van der Waals surface area contributed by atoms with Gasteiger partial charge in [0.2, 0.25) is 11.8 Å². The highest BCUT2D eigenvalue weighted by molar-refractivity contribution is 7.92. The van der Waals surface area contributed by atoms with Crippen molar-refractivity contribution in [1.82, 2.24) is 15.5 Å². The molecular formula is C15H23N3O4S2. The SMILES string of the molecule is CN(CC(=O)NCc1cccs1)C(=O)C1(S(C)(=O)=O)CCNCC1. The summed E-state index contributed by atoms with van der Waals surface area (Å²) < 4.78 is 23.1. The van der Waals surface area contributed by atoms with E-state index in [1.165, 1.54) is 23.3 Å². The minimum absolute atomic E-state index is 0.158. The maximum Gasteiger partial charge on any atom is 0.244 e. The highest BCUT2D eigenvalue weighted by atomic mass is 32.2. The summed E-state index contributed by atoms with van der Waals surface area (Å²) in [5.74, 6) is -0.811. The molecule has 0 aliphatic carbocycles. The maximum absolute atomic E-state index is 12.8. The first-order valence-electron chi connectivity index (χ1n) is 7.71.